The van der Waals surface area contributed by atoms with Crippen LogP contribution in [0.2, 0.25) is 0 Å². The summed E-state index contributed by atoms with van der Waals surface area (Å²) in [5.41, 5.74) is 3.29. The molecule has 1 fully saturated rings. The van der Waals surface area contributed by atoms with Crippen LogP contribution in [-0.4, -0.2) is 24.9 Å². The zero-order valence-corrected chi connectivity index (χ0v) is 18.0. The summed E-state index contributed by atoms with van der Waals surface area (Å²) in [5.74, 6) is 1.63. The summed E-state index contributed by atoms with van der Waals surface area (Å²) in [7, 11) is 0. The topological polar surface area (TPSA) is 119 Å². The molecule has 0 atom stereocenters. The van der Waals surface area contributed by atoms with E-state index >= 15 is 0 Å². The Kier molecular flexibility index (Phi) is 4.58. The van der Waals surface area contributed by atoms with Gasteiger partial charge in [-0.1, -0.05) is 0 Å². The first kappa shape index (κ1) is 19.5. The van der Waals surface area contributed by atoms with Gasteiger partial charge in [-0.25, -0.2) is 9.97 Å². The van der Waals surface area contributed by atoms with Crippen molar-refractivity contribution in [1.82, 2.24) is 19.9 Å². The predicted molar refractivity (Wildman–Crippen MR) is 129 cm³/mol. The maximum absolute atomic E-state index is 10.8. The van der Waals surface area contributed by atoms with Crippen LogP contribution in [0.4, 0.5) is 28.8 Å². The summed E-state index contributed by atoms with van der Waals surface area (Å²) < 4.78 is 1.15. The van der Waals surface area contributed by atoms with E-state index < -0.39 is 4.92 Å². The van der Waals surface area contributed by atoms with Crippen LogP contribution in [0.25, 0.3) is 21.1 Å². The van der Waals surface area contributed by atoms with Gasteiger partial charge in [0.2, 0.25) is 0 Å². The van der Waals surface area contributed by atoms with Gasteiger partial charge >= 0.3 is 5.82 Å². The van der Waals surface area contributed by atoms with Crippen LogP contribution in [0.5, 0.6) is 0 Å². The molecule has 0 radical (unpaired) electrons. The highest BCUT2D eigenvalue weighted by Gasteiger charge is 2.27. The molecule has 33 heavy (non-hydrogen) atoms. The Balaban J connectivity index is 1.34. The summed E-state index contributed by atoms with van der Waals surface area (Å²) >= 11 is 1.75. The number of fused-ring (bicyclic) bond motifs is 2. The quantitative estimate of drug-likeness (QED) is 0.240. The fraction of sp³-hybridized carbons (Fsp3) is 0.130. The molecular formula is C23H17N7O2S. The number of thiazole rings is 1. The summed E-state index contributed by atoms with van der Waals surface area (Å²) in [6, 6.07) is 14.7. The van der Waals surface area contributed by atoms with Crippen LogP contribution in [0.1, 0.15) is 23.8 Å². The minimum Gasteiger partial charge on any atom is -0.358 e. The number of rotatable bonds is 6. The van der Waals surface area contributed by atoms with Crippen molar-refractivity contribution in [3.05, 3.63) is 76.0 Å². The van der Waals surface area contributed by atoms with Gasteiger partial charge in [0.05, 0.1) is 26.4 Å². The lowest BCUT2D eigenvalue weighted by molar-refractivity contribution is -0.389. The van der Waals surface area contributed by atoms with E-state index in [2.05, 4.69) is 26.7 Å². The van der Waals surface area contributed by atoms with Crippen molar-refractivity contribution in [2.45, 2.75) is 18.8 Å². The molecule has 0 unspecified atom stereocenters. The van der Waals surface area contributed by atoms with Gasteiger partial charge in [0.25, 0.3) is 0 Å². The van der Waals surface area contributed by atoms with Gasteiger partial charge in [-0.3, -0.25) is 4.98 Å². The van der Waals surface area contributed by atoms with Crippen molar-refractivity contribution in [2.75, 3.05) is 10.6 Å². The number of nitrogens with zero attached hydrogens (tertiary/aromatic N) is 5. The van der Waals surface area contributed by atoms with E-state index in [0.29, 0.717) is 23.2 Å². The van der Waals surface area contributed by atoms with E-state index in [9.17, 15) is 10.1 Å². The molecule has 0 saturated heterocycles. The molecule has 2 N–H and O–H groups in total. The molecule has 162 valence electrons. The van der Waals surface area contributed by atoms with Gasteiger partial charge in [0.1, 0.15) is 11.6 Å². The largest absolute Gasteiger partial charge is 0.363 e. The first-order chi connectivity index (χ1) is 16.1. The van der Waals surface area contributed by atoms with Crippen LogP contribution in [-0.2, 0) is 0 Å². The molecule has 9 nitrogen and oxygen atoms in total. The van der Waals surface area contributed by atoms with E-state index in [1.165, 1.54) is 30.1 Å². The molecule has 0 aliphatic heterocycles. The van der Waals surface area contributed by atoms with Crippen LogP contribution in [0.15, 0.2) is 60.9 Å². The molecule has 5 aromatic rings. The zero-order valence-electron chi connectivity index (χ0n) is 17.2. The van der Waals surface area contributed by atoms with Gasteiger partial charge in [-0.15, -0.1) is 11.3 Å². The maximum atomic E-state index is 10.8. The molecule has 0 amide bonds. The third-order valence-corrected chi connectivity index (χ3v) is 6.58. The number of benzene rings is 1. The monoisotopic (exact) mass is 455 g/mol. The molecule has 0 spiro atoms. The Morgan fingerprint density at radius 2 is 1.85 bits per heavy atom. The molecule has 1 aromatic carbocycles. The number of aromatic nitrogens is 4. The standard InChI is InChI=1S/C23H17N7O2S/c31-30(32)21-8-6-15(12-25-21)26-20-11-18-16(2-1-9-24-18)22(29-20)27-14-5-7-17-19(10-14)33-23(28-17)13-3-4-13/h1-2,5-13H,3-4H2,(H2,26,27,29). The molecule has 6 rings (SSSR count). The molecule has 4 aromatic heterocycles. The number of pyridine rings is 3. The second kappa shape index (κ2) is 7.75. The average molecular weight is 456 g/mol. The number of anilines is 4. The minimum atomic E-state index is -0.530. The molecule has 4 heterocycles. The number of nitrogens with one attached hydrogen (secondary N) is 2. The fourth-order valence-corrected chi connectivity index (χ4v) is 4.79. The van der Waals surface area contributed by atoms with E-state index in [0.717, 1.165) is 26.8 Å². The zero-order chi connectivity index (χ0) is 22.4. The summed E-state index contributed by atoms with van der Waals surface area (Å²) in [5, 5.41) is 19.5. The van der Waals surface area contributed by atoms with Gasteiger partial charge in [-0.2, -0.15) is 0 Å². The van der Waals surface area contributed by atoms with Crippen molar-refractivity contribution >= 4 is 61.3 Å². The summed E-state index contributed by atoms with van der Waals surface area (Å²) in [4.78, 5) is 28.1. The average Bonchev–Trinajstić information content (AvgIpc) is 3.59. The van der Waals surface area contributed by atoms with Crippen LogP contribution >= 0.6 is 11.3 Å². The lowest BCUT2D eigenvalue weighted by Gasteiger charge is -2.12. The van der Waals surface area contributed by atoms with E-state index in [4.69, 9.17) is 9.97 Å². The fourth-order valence-electron chi connectivity index (χ4n) is 3.61. The maximum Gasteiger partial charge on any atom is 0.363 e. The second-order valence-corrected chi connectivity index (χ2v) is 8.91. The number of hydrogen-bond acceptors (Lipinski definition) is 9. The molecule has 10 heteroatoms. The van der Waals surface area contributed by atoms with E-state index in [-0.39, 0.29) is 5.82 Å². The third-order valence-electron chi connectivity index (χ3n) is 5.40. The lowest BCUT2D eigenvalue weighted by Crippen LogP contribution is -2.01. The summed E-state index contributed by atoms with van der Waals surface area (Å²) in [6.45, 7) is 0. The van der Waals surface area contributed by atoms with Gasteiger partial charge in [0.15, 0.2) is 6.20 Å². The van der Waals surface area contributed by atoms with Crippen molar-refractivity contribution in [3.8, 4) is 0 Å². The summed E-state index contributed by atoms with van der Waals surface area (Å²) in [6.07, 6.45) is 5.60. The lowest BCUT2D eigenvalue weighted by atomic mass is 10.2. The molecule has 1 aliphatic rings. The molecule has 0 bridgehead atoms. The third kappa shape index (κ3) is 3.92. The SMILES string of the molecule is O=[N+]([O-])c1ccc(Nc2cc3ncccc3c(Nc3ccc4nc(C5CC5)sc4c3)n2)cn1. The Bertz CT molecular complexity index is 1510. The second-order valence-electron chi connectivity index (χ2n) is 7.85. The Hall–Kier alpha value is -4.18. The Morgan fingerprint density at radius 1 is 0.970 bits per heavy atom. The smallest absolute Gasteiger partial charge is 0.358 e. The van der Waals surface area contributed by atoms with Crippen molar-refractivity contribution in [3.63, 3.8) is 0 Å². The highest BCUT2D eigenvalue weighted by molar-refractivity contribution is 7.18. The van der Waals surface area contributed by atoms with Crippen molar-refractivity contribution in [2.24, 2.45) is 0 Å². The minimum absolute atomic E-state index is 0.209. The first-order valence-corrected chi connectivity index (χ1v) is 11.2. The van der Waals surface area contributed by atoms with Crippen molar-refractivity contribution in [1.29, 1.82) is 0 Å². The van der Waals surface area contributed by atoms with Crippen molar-refractivity contribution < 1.29 is 4.92 Å². The van der Waals surface area contributed by atoms with Gasteiger partial charge < -0.3 is 20.7 Å². The van der Waals surface area contributed by atoms with Gasteiger partial charge in [-0.05, 0) is 59.1 Å². The Morgan fingerprint density at radius 3 is 2.64 bits per heavy atom. The van der Waals surface area contributed by atoms with Crippen LogP contribution in [0.3, 0.4) is 0 Å². The van der Waals surface area contributed by atoms with E-state index in [1.54, 1.807) is 23.6 Å². The number of nitro groups is 1. The highest BCUT2D eigenvalue weighted by atomic mass is 32.1. The van der Waals surface area contributed by atoms with Crippen LogP contribution in [0, 0.1) is 10.1 Å². The Labute approximate surface area is 191 Å². The number of hydrogen-bond donors (Lipinski definition) is 2. The molecular weight excluding hydrogens is 438 g/mol. The van der Waals surface area contributed by atoms with Crippen LogP contribution < -0.4 is 10.6 Å². The highest BCUT2D eigenvalue weighted by Crippen LogP contribution is 2.43. The first-order valence-electron chi connectivity index (χ1n) is 10.4. The van der Waals surface area contributed by atoms with Gasteiger partial charge in [0, 0.05) is 35.3 Å². The van der Waals surface area contributed by atoms with E-state index in [1.807, 2.05) is 30.3 Å². The predicted octanol–water partition coefficient (Wildman–Crippen LogP) is 5.91. The molecule has 1 saturated carbocycles. The molecule has 1 aliphatic carbocycles. The normalized spacial score (nSPS) is 13.3.